The molecule has 4 heteroatoms. The first-order valence-electron chi connectivity index (χ1n) is 6.41. The van der Waals surface area contributed by atoms with E-state index >= 15 is 0 Å². The van der Waals surface area contributed by atoms with Crippen molar-refractivity contribution in [2.45, 2.75) is 51.2 Å². The summed E-state index contributed by atoms with van der Waals surface area (Å²) in [5.41, 5.74) is 6.15. The highest BCUT2D eigenvalue weighted by molar-refractivity contribution is 5.81. The summed E-state index contributed by atoms with van der Waals surface area (Å²) in [6, 6.07) is 0. The predicted molar refractivity (Wildman–Crippen MR) is 65.5 cm³/mol. The van der Waals surface area contributed by atoms with E-state index in [9.17, 15) is 0 Å². The molecule has 1 saturated heterocycles. The zero-order valence-corrected chi connectivity index (χ0v) is 10.4. The maximum absolute atomic E-state index is 6.00. The number of nitrogens with two attached hydrogens (primary N) is 1. The Bertz CT molecular complexity index is 267. The lowest BCUT2D eigenvalue weighted by Crippen LogP contribution is -2.53. The molecule has 2 rings (SSSR count). The molecule has 1 fully saturated rings. The Balaban J connectivity index is 2.05. The maximum atomic E-state index is 6.00. The summed E-state index contributed by atoms with van der Waals surface area (Å²) < 4.78 is 5.69. The van der Waals surface area contributed by atoms with Crippen molar-refractivity contribution < 1.29 is 4.74 Å². The Kier molecular flexibility index (Phi) is 3.38. The Morgan fingerprint density at radius 2 is 2.25 bits per heavy atom. The number of guanidine groups is 1. The average molecular weight is 225 g/mol. The van der Waals surface area contributed by atoms with Gasteiger partial charge in [0.2, 0.25) is 0 Å². The van der Waals surface area contributed by atoms with Gasteiger partial charge in [-0.3, -0.25) is 4.99 Å². The molecule has 2 N–H and O–H groups in total. The summed E-state index contributed by atoms with van der Waals surface area (Å²) in [6.07, 6.45) is 4.89. The van der Waals surface area contributed by atoms with Gasteiger partial charge in [0, 0.05) is 13.2 Å². The third-order valence-electron chi connectivity index (χ3n) is 4.11. The molecule has 0 radical (unpaired) electrons. The van der Waals surface area contributed by atoms with Crippen LogP contribution in [0.3, 0.4) is 0 Å². The fraction of sp³-hybridized carbons (Fsp3) is 0.917. The summed E-state index contributed by atoms with van der Waals surface area (Å²) in [5.74, 6) is 0.708. The number of rotatable bonds is 4. The van der Waals surface area contributed by atoms with Crippen LogP contribution < -0.4 is 5.73 Å². The average Bonchev–Trinajstić information content (AvgIpc) is 2.91. The van der Waals surface area contributed by atoms with Crippen LogP contribution in [0.5, 0.6) is 0 Å². The van der Waals surface area contributed by atoms with Crippen molar-refractivity contribution in [3.05, 3.63) is 0 Å². The van der Waals surface area contributed by atoms with Gasteiger partial charge in [0.25, 0.3) is 0 Å². The molecule has 0 amide bonds. The Labute approximate surface area is 97.9 Å². The highest BCUT2D eigenvalue weighted by atomic mass is 16.5. The minimum atomic E-state index is 0.149. The molecule has 0 saturated carbocycles. The topological polar surface area (TPSA) is 50.8 Å². The molecule has 0 bridgehead atoms. The smallest absolute Gasteiger partial charge is 0.191 e. The molecule has 0 aromatic carbocycles. The number of nitrogens with zero attached hydrogens (tertiary/aromatic N) is 2. The van der Waals surface area contributed by atoms with E-state index in [-0.39, 0.29) is 5.54 Å². The van der Waals surface area contributed by atoms with Gasteiger partial charge in [-0.1, -0.05) is 13.8 Å². The minimum Gasteiger partial charge on any atom is -0.376 e. The van der Waals surface area contributed by atoms with Gasteiger partial charge >= 0.3 is 0 Å². The first kappa shape index (κ1) is 11.7. The van der Waals surface area contributed by atoms with E-state index in [1.165, 1.54) is 6.42 Å². The van der Waals surface area contributed by atoms with Crippen LogP contribution in [0.2, 0.25) is 0 Å². The predicted octanol–water partition coefficient (Wildman–Crippen LogP) is 1.35. The summed E-state index contributed by atoms with van der Waals surface area (Å²) >= 11 is 0. The molecule has 16 heavy (non-hydrogen) atoms. The van der Waals surface area contributed by atoms with Crippen LogP contribution in [-0.2, 0) is 4.74 Å². The molecular weight excluding hydrogens is 202 g/mol. The molecule has 92 valence electrons. The van der Waals surface area contributed by atoms with Crippen LogP contribution >= 0.6 is 0 Å². The second-order valence-electron chi connectivity index (χ2n) is 4.85. The van der Waals surface area contributed by atoms with Gasteiger partial charge in [0.1, 0.15) is 0 Å². The van der Waals surface area contributed by atoms with Crippen LogP contribution in [0.15, 0.2) is 4.99 Å². The van der Waals surface area contributed by atoms with E-state index in [0.29, 0.717) is 12.1 Å². The second kappa shape index (κ2) is 4.62. The standard InChI is InChI=1S/C12H23N3O/c1-3-12(4-2)9-14-11(13)15(12)8-10-6-5-7-16-10/h10H,3-9H2,1-2H3,(H2,13,14). The van der Waals surface area contributed by atoms with Gasteiger partial charge in [-0.25, -0.2) is 0 Å². The highest BCUT2D eigenvalue weighted by Gasteiger charge is 2.40. The summed E-state index contributed by atoms with van der Waals surface area (Å²) in [5, 5.41) is 0. The quantitative estimate of drug-likeness (QED) is 0.786. The van der Waals surface area contributed by atoms with E-state index in [4.69, 9.17) is 10.5 Å². The van der Waals surface area contributed by atoms with Gasteiger partial charge in [-0.05, 0) is 25.7 Å². The van der Waals surface area contributed by atoms with E-state index in [2.05, 4.69) is 23.7 Å². The monoisotopic (exact) mass is 225 g/mol. The zero-order valence-electron chi connectivity index (χ0n) is 10.4. The molecule has 0 aliphatic carbocycles. The molecule has 1 unspecified atom stereocenters. The van der Waals surface area contributed by atoms with Gasteiger partial charge in [0.05, 0.1) is 18.2 Å². The fourth-order valence-corrected chi connectivity index (χ4v) is 2.78. The lowest BCUT2D eigenvalue weighted by molar-refractivity contribution is 0.0629. The Hall–Kier alpha value is -0.770. The molecule has 2 aliphatic heterocycles. The van der Waals surface area contributed by atoms with Crippen LogP contribution in [0.4, 0.5) is 0 Å². The maximum Gasteiger partial charge on any atom is 0.191 e. The van der Waals surface area contributed by atoms with Crippen LogP contribution in [-0.4, -0.2) is 42.2 Å². The van der Waals surface area contributed by atoms with Crippen LogP contribution in [0, 0.1) is 0 Å². The van der Waals surface area contributed by atoms with Crippen molar-refractivity contribution in [2.75, 3.05) is 19.7 Å². The molecule has 0 aromatic rings. The van der Waals surface area contributed by atoms with Crippen molar-refractivity contribution >= 4 is 5.96 Å². The second-order valence-corrected chi connectivity index (χ2v) is 4.85. The number of hydrogen-bond acceptors (Lipinski definition) is 4. The largest absolute Gasteiger partial charge is 0.376 e. The number of hydrogen-bond donors (Lipinski definition) is 1. The third-order valence-corrected chi connectivity index (χ3v) is 4.11. The third kappa shape index (κ3) is 1.90. The molecule has 1 atom stereocenters. The van der Waals surface area contributed by atoms with Crippen LogP contribution in [0.1, 0.15) is 39.5 Å². The number of aliphatic imine (C=N–C) groups is 1. The lowest BCUT2D eigenvalue weighted by atomic mass is 9.91. The van der Waals surface area contributed by atoms with Gasteiger partial charge < -0.3 is 15.4 Å². The van der Waals surface area contributed by atoms with E-state index in [1.807, 2.05) is 0 Å². The van der Waals surface area contributed by atoms with E-state index < -0.39 is 0 Å². The summed E-state index contributed by atoms with van der Waals surface area (Å²) in [4.78, 5) is 6.70. The summed E-state index contributed by atoms with van der Waals surface area (Å²) in [7, 11) is 0. The summed E-state index contributed by atoms with van der Waals surface area (Å²) in [6.45, 7) is 7.11. The first-order valence-corrected chi connectivity index (χ1v) is 6.41. The van der Waals surface area contributed by atoms with Crippen molar-refractivity contribution in [3.8, 4) is 0 Å². The molecule has 0 aromatic heterocycles. The minimum absolute atomic E-state index is 0.149. The Morgan fingerprint density at radius 3 is 2.81 bits per heavy atom. The van der Waals surface area contributed by atoms with Crippen molar-refractivity contribution in [2.24, 2.45) is 10.7 Å². The molecular formula is C12H23N3O. The fourth-order valence-electron chi connectivity index (χ4n) is 2.78. The van der Waals surface area contributed by atoms with Gasteiger partial charge in [-0.15, -0.1) is 0 Å². The molecule has 4 nitrogen and oxygen atoms in total. The molecule has 0 spiro atoms. The molecule has 2 heterocycles. The van der Waals surface area contributed by atoms with E-state index in [0.717, 1.165) is 39.0 Å². The van der Waals surface area contributed by atoms with Crippen LogP contribution in [0.25, 0.3) is 0 Å². The van der Waals surface area contributed by atoms with Crippen molar-refractivity contribution in [1.29, 1.82) is 0 Å². The normalized spacial score (nSPS) is 28.5. The Morgan fingerprint density at radius 1 is 1.50 bits per heavy atom. The van der Waals surface area contributed by atoms with Gasteiger partial charge in [0.15, 0.2) is 5.96 Å². The van der Waals surface area contributed by atoms with Crippen molar-refractivity contribution in [1.82, 2.24) is 4.90 Å². The highest BCUT2D eigenvalue weighted by Crippen LogP contribution is 2.30. The molecule has 2 aliphatic rings. The SMILES string of the molecule is CCC1(CC)CN=C(N)N1CC1CCCO1. The number of ether oxygens (including phenoxy) is 1. The van der Waals surface area contributed by atoms with E-state index in [1.54, 1.807) is 0 Å². The van der Waals surface area contributed by atoms with Gasteiger partial charge in [-0.2, -0.15) is 0 Å². The lowest BCUT2D eigenvalue weighted by Gasteiger charge is -2.39. The first-order chi connectivity index (χ1) is 7.72. The van der Waals surface area contributed by atoms with Crippen molar-refractivity contribution in [3.63, 3.8) is 0 Å². The zero-order chi connectivity index (χ0) is 11.6.